The fraction of sp³-hybridized carbons (Fsp3) is 0.389. The fourth-order valence-corrected chi connectivity index (χ4v) is 2.99. The number of ether oxygens (including phenoxy) is 1. The van der Waals surface area contributed by atoms with E-state index in [1.54, 1.807) is 0 Å². The maximum absolute atomic E-state index is 5.55. The van der Waals surface area contributed by atoms with E-state index in [1.807, 2.05) is 25.3 Å². The SMILES string of the molecule is CCOc1ccc(NC2CCCc3cccnc32)c(C)c1. The third-order valence-corrected chi connectivity index (χ3v) is 4.03. The Hall–Kier alpha value is -2.03. The highest BCUT2D eigenvalue weighted by molar-refractivity contribution is 5.55. The van der Waals surface area contributed by atoms with Gasteiger partial charge >= 0.3 is 0 Å². The number of aromatic nitrogens is 1. The summed E-state index contributed by atoms with van der Waals surface area (Å²) in [5.74, 6) is 0.933. The molecule has 0 bridgehead atoms. The van der Waals surface area contributed by atoms with Crippen molar-refractivity contribution in [3.05, 3.63) is 53.3 Å². The lowest BCUT2D eigenvalue weighted by molar-refractivity contribution is 0.340. The van der Waals surface area contributed by atoms with Gasteiger partial charge in [0, 0.05) is 11.9 Å². The average Bonchev–Trinajstić information content (AvgIpc) is 2.51. The number of anilines is 1. The van der Waals surface area contributed by atoms with Gasteiger partial charge in [-0.05, 0) is 68.5 Å². The lowest BCUT2D eigenvalue weighted by atomic mass is 9.91. The van der Waals surface area contributed by atoms with Crippen molar-refractivity contribution in [2.75, 3.05) is 11.9 Å². The van der Waals surface area contributed by atoms with Gasteiger partial charge in [-0.3, -0.25) is 4.98 Å². The number of fused-ring (bicyclic) bond motifs is 1. The Balaban J connectivity index is 1.81. The third-order valence-electron chi connectivity index (χ3n) is 4.03. The Kier molecular flexibility index (Phi) is 4.09. The van der Waals surface area contributed by atoms with Crippen molar-refractivity contribution in [1.29, 1.82) is 0 Å². The lowest BCUT2D eigenvalue weighted by Crippen LogP contribution is -2.19. The molecule has 1 aromatic carbocycles. The number of rotatable bonds is 4. The van der Waals surface area contributed by atoms with E-state index >= 15 is 0 Å². The van der Waals surface area contributed by atoms with Crippen LogP contribution in [0.15, 0.2) is 36.5 Å². The first-order chi connectivity index (χ1) is 10.3. The second kappa shape index (κ2) is 6.17. The number of pyridine rings is 1. The summed E-state index contributed by atoms with van der Waals surface area (Å²) in [6.07, 6.45) is 5.39. The van der Waals surface area contributed by atoms with E-state index < -0.39 is 0 Å². The summed E-state index contributed by atoms with van der Waals surface area (Å²) >= 11 is 0. The number of nitrogens with one attached hydrogen (secondary N) is 1. The first-order valence-electron chi connectivity index (χ1n) is 7.71. The van der Waals surface area contributed by atoms with Crippen molar-refractivity contribution in [1.82, 2.24) is 4.98 Å². The van der Waals surface area contributed by atoms with E-state index in [1.165, 1.54) is 28.9 Å². The van der Waals surface area contributed by atoms with Crippen LogP contribution in [0.2, 0.25) is 0 Å². The van der Waals surface area contributed by atoms with E-state index in [0.29, 0.717) is 12.6 Å². The topological polar surface area (TPSA) is 34.1 Å². The van der Waals surface area contributed by atoms with Gasteiger partial charge in [-0.15, -0.1) is 0 Å². The Labute approximate surface area is 126 Å². The van der Waals surface area contributed by atoms with Crippen LogP contribution in [-0.2, 0) is 6.42 Å². The predicted octanol–water partition coefficient (Wildman–Crippen LogP) is 4.28. The Morgan fingerprint density at radius 2 is 2.24 bits per heavy atom. The minimum absolute atomic E-state index is 0.312. The van der Waals surface area contributed by atoms with Crippen LogP contribution in [0.1, 0.15) is 42.6 Å². The molecule has 3 nitrogen and oxygen atoms in total. The van der Waals surface area contributed by atoms with Crippen LogP contribution in [0.4, 0.5) is 5.69 Å². The molecule has 1 aromatic heterocycles. The number of aryl methyl sites for hydroxylation is 2. The summed E-state index contributed by atoms with van der Waals surface area (Å²) in [6, 6.07) is 10.8. The third kappa shape index (κ3) is 3.02. The maximum atomic E-state index is 5.55. The minimum Gasteiger partial charge on any atom is -0.494 e. The van der Waals surface area contributed by atoms with E-state index in [4.69, 9.17) is 4.74 Å². The number of benzene rings is 1. The second-order valence-corrected chi connectivity index (χ2v) is 5.55. The van der Waals surface area contributed by atoms with Gasteiger partial charge in [-0.1, -0.05) is 6.07 Å². The molecule has 0 aliphatic heterocycles. The van der Waals surface area contributed by atoms with Crippen molar-refractivity contribution < 1.29 is 4.74 Å². The molecular weight excluding hydrogens is 260 g/mol. The van der Waals surface area contributed by atoms with Gasteiger partial charge in [0.15, 0.2) is 0 Å². The molecule has 2 aromatic rings. The highest BCUT2D eigenvalue weighted by atomic mass is 16.5. The molecule has 0 spiro atoms. The highest BCUT2D eigenvalue weighted by Gasteiger charge is 2.21. The molecule has 1 aliphatic carbocycles. The van der Waals surface area contributed by atoms with Crippen molar-refractivity contribution >= 4 is 5.69 Å². The van der Waals surface area contributed by atoms with Crippen LogP contribution >= 0.6 is 0 Å². The standard InChI is InChI=1S/C18H22N2O/c1-3-21-15-9-10-16(13(2)12-15)20-17-8-4-6-14-7-5-11-19-18(14)17/h5,7,9-12,17,20H,3-4,6,8H2,1-2H3. The quantitative estimate of drug-likeness (QED) is 0.909. The summed E-state index contributed by atoms with van der Waals surface area (Å²) in [6.45, 7) is 4.82. The van der Waals surface area contributed by atoms with Gasteiger partial charge in [0.05, 0.1) is 18.3 Å². The molecule has 1 unspecified atom stereocenters. The van der Waals surface area contributed by atoms with Gasteiger partial charge in [0.1, 0.15) is 5.75 Å². The van der Waals surface area contributed by atoms with Gasteiger partial charge in [0.2, 0.25) is 0 Å². The van der Waals surface area contributed by atoms with E-state index in [2.05, 4.69) is 35.4 Å². The first kappa shape index (κ1) is 13.9. The summed E-state index contributed by atoms with van der Waals surface area (Å²) in [5.41, 5.74) is 4.97. The summed E-state index contributed by atoms with van der Waals surface area (Å²) in [4.78, 5) is 4.59. The summed E-state index contributed by atoms with van der Waals surface area (Å²) in [5, 5.41) is 3.66. The van der Waals surface area contributed by atoms with Gasteiger partial charge < -0.3 is 10.1 Å². The van der Waals surface area contributed by atoms with Crippen LogP contribution in [0.5, 0.6) is 5.75 Å². The Morgan fingerprint density at radius 1 is 1.33 bits per heavy atom. The molecule has 0 saturated heterocycles. The average molecular weight is 282 g/mol. The smallest absolute Gasteiger partial charge is 0.119 e. The van der Waals surface area contributed by atoms with Crippen molar-refractivity contribution in [2.24, 2.45) is 0 Å². The number of hydrogen-bond acceptors (Lipinski definition) is 3. The molecule has 0 radical (unpaired) electrons. The van der Waals surface area contributed by atoms with Gasteiger partial charge in [0.25, 0.3) is 0 Å². The van der Waals surface area contributed by atoms with E-state index in [0.717, 1.165) is 18.6 Å². The fourth-order valence-electron chi connectivity index (χ4n) is 2.99. The first-order valence-corrected chi connectivity index (χ1v) is 7.71. The predicted molar refractivity (Wildman–Crippen MR) is 85.9 cm³/mol. The molecule has 1 atom stereocenters. The van der Waals surface area contributed by atoms with Crippen LogP contribution in [-0.4, -0.2) is 11.6 Å². The number of nitrogens with zero attached hydrogens (tertiary/aromatic N) is 1. The van der Waals surface area contributed by atoms with Crippen LogP contribution in [0, 0.1) is 6.92 Å². The molecule has 3 rings (SSSR count). The summed E-state index contributed by atoms with van der Waals surface area (Å²) < 4.78 is 5.55. The molecule has 1 N–H and O–H groups in total. The van der Waals surface area contributed by atoms with E-state index in [9.17, 15) is 0 Å². The molecular formula is C18H22N2O. The molecule has 1 heterocycles. The zero-order chi connectivity index (χ0) is 14.7. The zero-order valence-corrected chi connectivity index (χ0v) is 12.7. The van der Waals surface area contributed by atoms with Gasteiger partial charge in [-0.2, -0.15) is 0 Å². The molecule has 3 heteroatoms. The minimum atomic E-state index is 0.312. The maximum Gasteiger partial charge on any atom is 0.119 e. The monoisotopic (exact) mass is 282 g/mol. The number of hydrogen-bond donors (Lipinski definition) is 1. The molecule has 110 valence electrons. The van der Waals surface area contributed by atoms with Crippen molar-refractivity contribution in [3.8, 4) is 5.75 Å². The normalized spacial score (nSPS) is 17.1. The zero-order valence-electron chi connectivity index (χ0n) is 12.7. The van der Waals surface area contributed by atoms with Crippen LogP contribution in [0.3, 0.4) is 0 Å². The molecule has 0 amide bonds. The van der Waals surface area contributed by atoms with Crippen LogP contribution in [0.25, 0.3) is 0 Å². The largest absolute Gasteiger partial charge is 0.494 e. The van der Waals surface area contributed by atoms with E-state index in [-0.39, 0.29) is 0 Å². The van der Waals surface area contributed by atoms with Gasteiger partial charge in [-0.25, -0.2) is 0 Å². The van der Waals surface area contributed by atoms with Crippen molar-refractivity contribution in [3.63, 3.8) is 0 Å². The van der Waals surface area contributed by atoms with Crippen LogP contribution < -0.4 is 10.1 Å². The highest BCUT2D eigenvalue weighted by Crippen LogP contribution is 2.32. The molecule has 0 fully saturated rings. The molecule has 0 saturated carbocycles. The summed E-state index contributed by atoms with van der Waals surface area (Å²) in [7, 11) is 0. The lowest BCUT2D eigenvalue weighted by Gasteiger charge is -2.26. The van der Waals surface area contributed by atoms with Crippen molar-refractivity contribution in [2.45, 2.75) is 39.2 Å². The molecule has 1 aliphatic rings. The Morgan fingerprint density at radius 3 is 3.05 bits per heavy atom. The molecule has 21 heavy (non-hydrogen) atoms. The Bertz CT molecular complexity index is 624. The second-order valence-electron chi connectivity index (χ2n) is 5.55.